The van der Waals surface area contributed by atoms with Crippen molar-refractivity contribution in [3.05, 3.63) is 60.2 Å². The van der Waals surface area contributed by atoms with Gasteiger partial charge in [0.15, 0.2) is 0 Å². The molecule has 2 aromatic rings. The highest BCUT2D eigenvalue weighted by atomic mass is 31.2. The molecule has 8 heteroatoms. The van der Waals surface area contributed by atoms with Crippen LogP contribution in [-0.2, 0) is 16.1 Å². The highest BCUT2D eigenvalue weighted by Gasteiger charge is 2.25. The first kappa shape index (κ1) is 20.0. The summed E-state index contributed by atoms with van der Waals surface area (Å²) in [5, 5.41) is 16.0. The minimum Gasteiger partial charge on any atom is -0.637 e. The molecule has 0 aliphatic rings. The molecular weight excluding hydrogens is 355 g/mol. The van der Waals surface area contributed by atoms with Crippen LogP contribution >= 0.6 is 7.87 Å². The standard InChI is InChI=1S/C18H21N2O5P/c21-17(7-4-8-18(22)23)20-15-11-9-14(10-12-15)13-19-26(24,25)16-5-2-1-3-6-16/h1-3,5-6,9-12H,4,7-8,13H2,(H,20,21)(H,22,23)(H2,19,24,25)/p-1. The molecule has 1 atom stereocenters. The summed E-state index contributed by atoms with van der Waals surface area (Å²) in [6.07, 6.45) is 0.171. The Morgan fingerprint density at radius 3 is 2.27 bits per heavy atom. The van der Waals surface area contributed by atoms with Crippen molar-refractivity contribution in [2.45, 2.75) is 25.8 Å². The fraction of sp³-hybridized carbons (Fsp3) is 0.222. The third-order valence-corrected chi connectivity index (χ3v) is 5.21. The van der Waals surface area contributed by atoms with E-state index in [4.69, 9.17) is 0 Å². The summed E-state index contributed by atoms with van der Waals surface area (Å²) < 4.78 is 0. The maximum Gasteiger partial charge on any atom is 0.224 e. The second kappa shape index (κ2) is 9.40. The molecule has 138 valence electrons. The van der Waals surface area contributed by atoms with Gasteiger partial charge in [0.25, 0.3) is 0 Å². The van der Waals surface area contributed by atoms with Crippen molar-refractivity contribution in [3.8, 4) is 0 Å². The summed E-state index contributed by atoms with van der Waals surface area (Å²) in [6, 6.07) is 15.2. The van der Waals surface area contributed by atoms with Gasteiger partial charge in [-0.1, -0.05) is 30.3 Å². The van der Waals surface area contributed by atoms with Crippen LogP contribution in [0, 0.1) is 0 Å². The quantitative estimate of drug-likeness (QED) is 0.533. The van der Waals surface area contributed by atoms with Gasteiger partial charge in [0.05, 0.1) is 6.54 Å². The van der Waals surface area contributed by atoms with E-state index in [1.807, 2.05) is 0 Å². The summed E-state index contributed by atoms with van der Waals surface area (Å²) in [5.74, 6) is -1.45. The van der Waals surface area contributed by atoms with Crippen LogP contribution in [0.2, 0.25) is 0 Å². The Kier molecular flexibility index (Phi) is 7.24. The van der Waals surface area contributed by atoms with E-state index in [9.17, 15) is 24.5 Å². The minimum absolute atomic E-state index is 0.0993. The lowest BCUT2D eigenvalue weighted by atomic mass is 10.2. The van der Waals surface area contributed by atoms with E-state index in [0.29, 0.717) is 11.0 Å². The highest BCUT2D eigenvalue weighted by Crippen LogP contribution is 2.38. The summed E-state index contributed by atoms with van der Waals surface area (Å²) in [7, 11) is -3.64. The fourth-order valence-corrected chi connectivity index (χ4v) is 3.40. The van der Waals surface area contributed by atoms with Crippen molar-refractivity contribution in [1.29, 1.82) is 0 Å². The van der Waals surface area contributed by atoms with Crippen molar-refractivity contribution in [2.75, 3.05) is 5.32 Å². The van der Waals surface area contributed by atoms with E-state index in [1.165, 1.54) is 0 Å². The fourth-order valence-electron chi connectivity index (χ4n) is 2.24. The average molecular weight is 375 g/mol. The number of anilines is 1. The summed E-state index contributed by atoms with van der Waals surface area (Å²) >= 11 is 0. The van der Waals surface area contributed by atoms with Crippen LogP contribution in [0.25, 0.3) is 0 Å². The monoisotopic (exact) mass is 375 g/mol. The van der Waals surface area contributed by atoms with Gasteiger partial charge in [0.2, 0.25) is 13.8 Å². The van der Waals surface area contributed by atoms with Crippen LogP contribution < -0.4 is 25.7 Å². The number of rotatable bonds is 9. The summed E-state index contributed by atoms with van der Waals surface area (Å²) in [4.78, 5) is 44.4. The van der Waals surface area contributed by atoms with Gasteiger partial charge >= 0.3 is 0 Å². The number of hydrogen-bond acceptors (Lipinski definition) is 6. The predicted molar refractivity (Wildman–Crippen MR) is 96.0 cm³/mol. The smallest absolute Gasteiger partial charge is 0.224 e. The van der Waals surface area contributed by atoms with Gasteiger partial charge in [-0.05, 0) is 42.7 Å². The van der Waals surface area contributed by atoms with E-state index in [2.05, 4.69) is 10.4 Å². The first-order chi connectivity index (χ1) is 12.4. The van der Waals surface area contributed by atoms with E-state index in [1.54, 1.807) is 54.6 Å². The lowest BCUT2D eigenvalue weighted by Gasteiger charge is -2.23. The molecule has 0 saturated carbocycles. The van der Waals surface area contributed by atoms with Gasteiger partial charge in [-0.3, -0.25) is 4.79 Å². The molecular formula is C18H20N2O5P-. The van der Waals surface area contributed by atoms with Crippen molar-refractivity contribution in [1.82, 2.24) is 5.09 Å². The van der Waals surface area contributed by atoms with Gasteiger partial charge in [-0.25, -0.2) is 4.89 Å². The maximum absolute atomic E-state index is 12.3. The number of aliphatic carboxylic acids is 1. The van der Waals surface area contributed by atoms with Crippen molar-refractivity contribution >= 4 is 30.7 Å². The number of carboxylic acid groups (broad SMARTS) is 1. The molecule has 1 unspecified atom stereocenters. The van der Waals surface area contributed by atoms with Gasteiger partial charge in [-0.15, -0.1) is 0 Å². The third kappa shape index (κ3) is 6.54. The number of nitrogens with one attached hydrogen (secondary N) is 2. The van der Waals surface area contributed by atoms with E-state index in [-0.39, 0.29) is 31.7 Å². The molecule has 7 nitrogen and oxygen atoms in total. The first-order valence-corrected chi connectivity index (χ1v) is 9.75. The Morgan fingerprint density at radius 2 is 1.65 bits per heavy atom. The number of benzene rings is 2. The Bertz CT molecular complexity index is 735. The van der Waals surface area contributed by atoms with Gasteiger partial charge < -0.3 is 20.1 Å². The van der Waals surface area contributed by atoms with Crippen molar-refractivity contribution in [2.24, 2.45) is 0 Å². The first-order valence-electron chi connectivity index (χ1n) is 8.09. The van der Waals surface area contributed by atoms with Crippen molar-refractivity contribution in [3.63, 3.8) is 0 Å². The molecule has 0 aromatic heterocycles. The van der Waals surface area contributed by atoms with Crippen molar-refractivity contribution < 1.29 is 24.5 Å². The van der Waals surface area contributed by atoms with Gasteiger partial charge in [-0.2, -0.15) is 5.09 Å². The van der Waals surface area contributed by atoms with Crippen LogP contribution in [-0.4, -0.2) is 16.8 Å². The molecule has 0 fully saturated rings. The molecule has 0 saturated heterocycles. The number of amides is 1. The molecule has 0 heterocycles. The molecule has 1 amide bonds. The summed E-state index contributed by atoms with van der Waals surface area (Å²) in [6.45, 7) is 0.197. The molecule has 0 aliphatic heterocycles. The van der Waals surface area contributed by atoms with Crippen LogP contribution in [0.15, 0.2) is 54.6 Å². The van der Waals surface area contributed by atoms with Crippen LogP contribution in [0.5, 0.6) is 0 Å². The zero-order valence-corrected chi connectivity index (χ0v) is 14.9. The second-order valence-corrected chi connectivity index (χ2v) is 7.70. The Morgan fingerprint density at radius 1 is 1.00 bits per heavy atom. The molecule has 0 aliphatic carbocycles. The number of hydrogen-bond donors (Lipinski definition) is 3. The average Bonchev–Trinajstić information content (AvgIpc) is 2.61. The third-order valence-electron chi connectivity index (χ3n) is 3.63. The number of carbonyl (C=O) groups is 2. The molecule has 0 radical (unpaired) electrons. The van der Waals surface area contributed by atoms with Gasteiger partial charge in [0, 0.05) is 18.1 Å². The highest BCUT2D eigenvalue weighted by molar-refractivity contribution is 7.69. The lowest BCUT2D eigenvalue weighted by Crippen LogP contribution is -2.33. The lowest BCUT2D eigenvalue weighted by molar-refractivity contribution is -0.305. The topological polar surface area (TPSA) is 125 Å². The predicted octanol–water partition coefficient (Wildman–Crippen LogP) is 0.0756. The molecule has 3 N–H and O–H groups in total. The largest absolute Gasteiger partial charge is 0.637 e. The summed E-state index contributed by atoms with van der Waals surface area (Å²) in [5.41, 5.74) is 1.35. The SMILES string of the molecule is O=C([O-])CCCC(=O)Nc1ccc(CN[P+]([O-])(O)c2ccccc2)cc1. The molecule has 0 bridgehead atoms. The minimum atomic E-state index is -3.64. The Balaban J connectivity index is 1.83. The maximum atomic E-state index is 12.3. The van der Waals surface area contributed by atoms with Crippen LogP contribution in [0.3, 0.4) is 0 Å². The second-order valence-electron chi connectivity index (χ2n) is 5.72. The van der Waals surface area contributed by atoms with Crippen LogP contribution in [0.4, 0.5) is 5.69 Å². The molecule has 0 spiro atoms. The Hall–Kier alpha value is -2.31. The van der Waals surface area contributed by atoms with E-state index >= 15 is 0 Å². The molecule has 2 aromatic carbocycles. The number of carbonyl (C=O) groups excluding carboxylic acids is 2. The van der Waals surface area contributed by atoms with E-state index in [0.717, 1.165) is 5.56 Å². The van der Waals surface area contributed by atoms with Gasteiger partial charge in [0.1, 0.15) is 5.30 Å². The van der Waals surface area contributed by atoms with Crippen LogP contribution in [0.1, 0.15) is 24.8 Å². The molecule has 26 heavy (non-hydrogen) atoms. The zero-order valence-electron chi connectivity index (χ0n) is 14.1. The zero-order chi connectivity index (χ0) is 19.0. The Labute approximate surface area is 152 Å². The normalized spacial score (nSPS) is 13.0. The van der Waals surface area contributed by atoms with E-state index < -0.39 is 13.8 Å². The molecule has 2 rings (SSSR count). The number of carboxylic acids is 1.